The summed E-state index contributed by atoms with van der Waals surface area (Å²) >= 11 is 0. The van der Waals surface area contributed by atoms with E-state index in [1.165, 1.54) is 0 Å². The Balaban J connectivity index is 2.59. The summed E-state index contributed by atoms with van der Waals surface area (Å²) in [4.78, 5) is 2.26. The molecule has 1 aliphatic heterocycles. The van der Waals surface area contributed by atoms with E-state index in [1.807, 2.05) is 0 Å². The lowest BCUT2D eigenvalue weighted by Crippen LogP contribution is -2.49. The predicted molar refractivity (Wildman–Crippen MR) is 56.1 cm³/mol. The molecule has 1 rings (SSSR count). The Morgan fingerprint density at radius 1 is 1.08 bits per heavy atom. The standard InChI is InChI=1S/C9H21NO2Si/c1-8-6-10(3)7-9(2)12-13(4,5)11-8/h8-9H,6-7H2,1-5H3/t8-,9+. The Bertz CT molecular complexity index is 159. The average molecular weight is 203 g/mol. The second-order valence-electron chi connectivity index (χ2n) is 4.48. The Morgan fingerprint density at radius 3 is 1.85 bits per heavy atom. The zero-order valence-electron chi connectivity index (χ0n) is 9.33. The molecule has 0 aromatic carbocycles. The van der Waals surface area contributed by atoms with Crippen LogP contribution in [-0.4, -0.2) is 45.8 Å². The first-order valence-electron chi connectivity index (χ1n) is 4.93. The summed E-state index contributed by atoms with van der Waals surface area (Å²) in [6, 6.07) is 0. The second-order valence-corrected chi connectivity index (χ2v) is 7.75. The summed E-state index contributed by atoms with van der Waals surface area (Å²) < 4.78 is 11.8. The highest BCUT2D eigenvalue weighted by atomic mass is 28.4. The van der Waals surface area contributed by atoms with Gasteiger partial charge in [0.05, 0.1) is 12.2 Å². The van der Waals surface area contributed by atoms with E-state index in [9.17, 15) is 0 Å². The number of hydrogen-bond acceptors (Lipinski definition) is 3. The van der Waals surface area contributed by atoms with Gasteiger partial charge in [-0.1, -0.05) is 0 Å². The predicted octanol–water partition coefficient (Wildman–Crippen LogP) is 1.44. The van der Waals surface area contributed by atoms with Crippen LogP contribution in [0.15, 0.2) is 0 Å². The quantitative estimate of drug-likeness (QED) is 0.556. The van der Waals surface area contributed by atoms with E-state index in [2.05, 4.69) is 38.9 Å². The lowest BCUT2D eigenvalue weighted by molar-refractivity contribution is 0.0349. The van der Waals surface area contributed by atoms with Gasteiger partial charge in [0.2, 0.25) is 0 Å². The average Bonchev–Trinajstić information content (AvgIpc) is 1.78. The molecule has 0 spiro atoms. The summed E-state index contributed by atoms with van der Waals surface area (Å²) in [5.74, 6) is 0. The van der Waals surface area contributed by atoms with Crippen molar-refractivity contribution >= 4 is 8.56 Å². The molecule has 1 aliphatic rings. The first kappa shape index (κ1) is 11.2. The molecule has 0 radical (unpaired) electrons. The van der Waals surface area contributed by atoms with E-state index in [0.29, 0.717) is 12.2 Å². The van der Waals surface area contributed by atoms with Crippen molar-refractivity contribution in [3.8, 4) is 0 Å². The molecular weight excluding hydrogens is 182 g/mol. The van der Waals surface area contributed by atoms with Gasteiger partial charge in [-0.2, -0.15) is 0 Å². The molecule has 0 aliphatic carbocycles. The fourth-order valence-electron chi connectivity index (χ4n) is 2.02. The second kappa shape index (κ2) is 4.08. The highest BCUT2D eigenvalue weighted by Crippen LogP contribution is 2.16. The van der Waals surface area contributed by atoms with Crippen molar-refractivity contribution < 1.29 is 8.85 Å². The first-order chi connectivity index (χ1) is 5.89. The SMILES string of the molecule is C[C@@H]1CN(C)C[C@H](C)O[Si](C)(C)O1. The number of rotatable bonds is 0. The Kier molecular flexibility index (Phi) is 3.51. The van der Waals surface area contributed by atoms with Crippen LogP contribution < -0.4 is 0 Å². The van der Waals surface area contributed by atoms with Gasteiger partial charge in [-0.05, 0) is 34.0 Å². The minimum atomic E-state index is -1.86. The Hall–Kier alpha value is 0.0969. The molecule has 13 heavy (non-hydrogen) atoms. The summed E-state index contributed by atoms with van der Waals surface area (Å²) in [7, 11) is 0.255. The van der Waals surface area contributed by atoms with Crippen LogP contribution >= 0.6 is 0 Å². The van der Waals surface area contributed by atoms with Crippen LogP contribution in [0.25, 0.3) is 0 Å². The molecule has 0 N–H and O–H groups in total. The first-order valence-corrected chi connectivity index (χ1v) is 7.75. The molecule has 1 saturated heterocycles. The molecule has 0 unspecified atom stereocenters. The zero-order chi connectivity index (χ0) is 10.1. The third-order valence-electron chi connectivity index (χ3n) is 2.11. The normalized spacial score (nSPS) is 36.7. The van der Waals surface area contributed by atoms with Gasteiger partial charge in [-0.3, -0.25) is 0 Å². The van der Waals surface area contributed by atoms with Crippen molar-refractivity contribution in [3.05, 3.63) is 0 Å². The van der Waals surface area contributed by atoms with Gasteiger partial charge in [0.15, 0.2) is 0 Å². The molecule has 78 valence electrons. The monoisotopic (exact) mass is 203 g/mol. The number of nitrogens with zero attached hydrogens (tertiary/aromatic N) is 1. The van der Waals surface area contributed by atoms with Crippen LogP contribution in [0.4, 0.5) is 0 Å². The van der Waals surface area contributed by atoms with Gasteiger partial charge in [-0.15, -0.1) is 0 Å². The minimum absolute atomic E-state index is 0.291. The van der Waals surface area contributed by atoms with Crippen molar-refractivity contribution in [2.24, 2.45) is 0 Å². The zero-order valence-corrected chi connectivity index (χ0v) is 10.3. The molecule has 3 nitrogen and oxygen atoms in total. The lowest BCUT2D eigenvalue weighted by Gasteiger charge is -2.36. The van der Waals surface area contributed by atoms with E-state index in [4.69, 9.17) is 8.85 Å². The topological polar surface area (TPSA) is 21.7 Å². The van der Waals surface area contributed by atoms with Crippen LogP contribution in [0.5, 0.6) is 0 Å². The van der Waals surface area contributed by atoms with E-state index in [0.717, 1.165) is 13.1 Å². The van der Waals surface area contributed by atoms with Crippen LogP contribution in [-0.2, 0) is 8.85 Å². The van der Waals surface area contributed by atoms with E-state index >= 15 is 0 Å². The molecule has 2 atom stereocenters. The minimum Gasteiger partial charge on any atom is -0.390 e. The van der Waals surface area contributed by atoms with Crippen LogP contribution in [0, 0.1) is 0 Å². The maximum absolute atomic E-state index is 5.89. The van der Waals surface area contributed by atoms with Crippen LogP contribution in [0.1, 0.15) is 13.8 Å². The Morgan fingerprint density at radius 2 is 1.46 bits per heavy atom. The van der Waals surface area contributed by atoms with Crippen LogP contribution in [0.2, 0.25) is 13.1 Å². The van der Waals surface area contributed by atoms with Crippen molar-refractivity contribution in [2.75, 3.05) is 20.1 Å². The maximum Gasteiger partial charge on any atom is 0.332 e. The van der Waals surface area contributed by atoms with Crippen molar-refractivity contribution in [1.82, 2.24) is 4.90 Å². The van der Waals surface area contributed by atoms with Gasteiger partial charge in [0.25, 0.3) is 0 Å². The molecular formula is C9H21NO2Si. The van der Waals surface area contributed by atoms with E-state index in [-0.39, 0.29) is 0 Å². The molecule has 1 heterocycles. The third-order valence-corrected chi connectivity index (χ3v) is 4.05. The number of hydrogen-bond donors (Lipinski definition) is 0. The van der Waals surface area contributed by atoms with E-state index < -0.39 is 8.56 Å². The van der Waals surface area contributed by atoms with Crippen LogP contribution in [0.3, 0.4) is 0 Å². The summed E-state index contributed by atoms with van der Waals surface area (Å²) in [6.07, 6.45) is 0.582. The fraction of sp³-hybridized carbons (Fsp3) is 1.00. The van der Waals surface area contributed by atoms with Crippen molar-refractivity contribution in [1.29, 1.82) is 0 Å². The van der Waals surface area contributed by atoms with Gasteiger partial charge in [0.1, 0.15) is 0 Å². The third kappa shape index (κ3) is 3.77. The smallest absolute Gasteiger partial charge is 0.332 e. The van der Waals surface area contributed by atoms with Crippen molar-refractivity contribution in [3.63, 3.8) is 0 Å². The maximum atomic E-state index is 5.89. The molecule has 0 amide bonds. The summed E-state index contributed by atoms with van der Waals surface area (Å²) in [6.45, 7) is 10.5. The molecule has 0 bridgehead atoms. The fourth-order valence-corrected chi connectivity index (χ4v) is 4.17. The molecule has 0 aromatic heterocycles. The summed E-state index contributed by atoms with van der Waals surface area (Å²) in [5, 5.41) is 0. The molecule has 1 fully saturated rings. The van der Waals surface area contributed by atoms with E-state index in [1.54, 1.807) is 0 Å². The van der Waals surface area contributed by atoms with Gasteiger partial charge < -0.3 is 13.8 Å². The highest BCUT2D eigenvalue weighted by Gasteiger charge is 2.32. The number of likely N-dealkylation sites (N-methyl/N-ethyl adjacent to an activating group) is 1. The van der Waals surface area contributed by atoms with Gasteiger partial charge >= 0.3 is 8.56 Å². The lowest BCUT2D eigenvalue weighted by atomic mass is 10.3. The largest absolute Gasteiger partial charge is 0.390 e. The highest BCUT2D eigenvalue weighted by molar-refractivity contribution is 6.64. The van der Waals surface area contributed by atoms with Gasteiger partial charge in [0, 0.05) is 13.1 Å². The van der Waals surface area contributed by atoms with Crippen molar-refractivity contribution in [2.45, 2.75) is 39.1 Å². The Labute approximate surface area is 82.3 Å². The molecule has 4 heteroatoms. The summed E-state index contributed by atoms with van der Waals surface area (Å²) in [5.41, 5.74) is 0. The molecule has 0 saturated carbocycles. The molecule has 0 aromatic rings. The van der Waals surface area contributed by atoms with Gasteiger partial charge in [-0.25, -0.2) is 0 Å².